The monoisotopic (exact) mass is 368 g/mol. The maximum absolute atomic E-state index is 6.21. The fourth-order valence-corrected chi connectivity index (χ4v) is 2.10. The van der Waals surface area contributed by atoms with E-state index in [1.165, 1.54) is 0 Å². The third-order valence-corrected chi connectivity index (χ3v) is 4.31. The number of ether oxygens (including phenoxy) is 1. The fourth-order valence-electron chi connectivity index (χ4n) is 1.70. The second-order valence-electron chi connectivity index (χ2n) is 6.03. The van der Waals surface area contributed by atoms with Crippen molar-refractivity contribution < 1.29 is 4.74 Å². The van der Waals surface area contributed by atoms with Gasteiger partial charge in [0.1, 0.15) is 16.7 Å². The molecule has 0 saturated carbocycles. The molecule has 0 radical (unpaired) electrons. The molecule has 2 rings (SSSR count). The van der Waals surface area contributed by atoms with E-state index in [1.54, 1.807) is 0 Å². The lowest BCUT2D eigenvalue weighted by atomic mass is 9.96. The van der Waals surface area contributed by atoms with E-state index >= 15 is 0 Å². The van der Waals surface area contributed by atoms with Crippen molar-refractivity contribution in [3.05, 3.63) is 44.8 Å². The zero-order valence-electron chi connectivity index (χ0n) is 12.8. The third kappa shape index (κ3) is 3.74. The van der Waals surface area contributed by atoms with Crippen LogP contribution in [0.15, 0.2) is 22.7 Å². The van der Waals surface area contributed by atoms with Crippen molar-refractivity contribution in [2.45, 2.75) is 40.0 Å². The first-order valence-corrected chi connectivity index (χ1v) is 7.84. The number of nitrogens with zero attached hydrogens (tertiary/aromatic N) is 2. The van der Waals surface area contributed by atoms with Gasteiger partial charge in [-0.25, -0.2) is 4.98 Å². The average Bonchev–Trinajstić information content (AvgIpc) is 2.38. The molecule has 0 bridgehead atoms. The molecule has 0 amide bonds. The van der Waals surface area contributed by atoms with Crippen LogP contribution in [-0.4, -0.2) is 9.97 Å². The summed E-state index contributed by atoms with van der Waals surface area (Å²) in [4.78, 5) is 8.87. The van der Waals surface area contributed by atoms with E-state index in [9.17, 15) is 0 Å². The Morgan fingerprint density at radius 3 is 2.38 bits per heavy atom. The highest BCUT2D eigenvalue weighted by atomic mass is 79.9. The molecule has 2 aromatic rings. The molecular formula is C16H18BrClN2O. The number of halogens is 2. The molecule has 0 unspecified atom stereocenters. The van der Waals surface area contributed by atoms with Crippen LogP contribution >= 0.6 is 27.5 Å². The van der Waals surface area contributed by atoms with Crippen LogP contribution < -0.4 is 4.74 Å². The summed E-state index contributed by atoms with van der Waals surface area (Å²) in [6.07, 6.45) is 0. The van der Waals surface area contributed by atoms with Crippen molar-refractivity contribution in [3.63, 3.8) is 0 Å². The maximum Gasteiger partial charge on any atom is 0.227 e. The largest absolute Gasteiger partial charge is 0.439 e. The molecule has 21 heavy (non-hydrogen) atoms. The van der Waals surface area contributed by atoms with Gasteiger partial charge in [0.25, 0.3) is 0 Å². The van der Waals surface area contributed by atoms with Crippen molar-refractivity contribution in [3.8, 4) is 11.6 Å². The number of rotatable bonds is 2. The Kier molecular flexibility index (Phi) is 4.59. The summed E-state index contributed by atoms with van der Waals surface area (Å²) in [6.45, 7) is 10.00. The van der Waals surface area contributed by atoms with Crippen LogP contribution in [0.3, 0.4) is 0 Å². The molecule has 112 valence electrons. The summed E-state index contributed by atoms with van der Waals surface area (Å²) in [6, 6.07) is 5.80. The molecule has 0 aliphatic rings. The first-order valence-electron chi connectivity index (χ1n) is 6.67. The topological polar surface area (TPSA) is 35.0 Å². The van der Waals surface area contributed by atoms with E-state index in [4.69, 9.17) is 16.3 Å². The van der Waals surface area contributed by atoms with E-state index in [-0.39, 0.29) is 5.41 Å². The minimum atomic E-state index is -0.189. The first kappa shape index (κ1) is 16.2. The van der Waals surface area contributed by atoms with Crippen molar-refractivity contribution in [2.75, 3.05) is 0 Å². The molecule has 1 aromatic carbocycles. The standard InChI is InChI=1S/C16H18BrClN2O/c1-9-8-11(6-7-12(9)17)21-14-10(2)13(18)19-15(20-14)16(3,4)5/h6-8H,1-5H3. The number of hydrogen-bond acceptors (Lipinski definition) is 3. The van der Waals surface area contributed by atoms with Gasteiger partial charge in [0.2, 0.25) is 5.88 Å². The van der Waals surface area contributed by atoms with Gasteiger partial charge in [-0.1, -0.05) is 48.3 Å². The molecule has 0 spiro atoms. The Labute approximate surface area is 138 Å². The summed E-state index contributed by atoms with van der Waals surface area (Å²) in [5, 5.41) is 0.429. The van der Waals surface area contributed by atoms with Crippen LogP contribution in [0.4, 0.5) is 0 Å². The molecule has 0 N–H and O–H groups in total. The highest BCUT2D eigenvalue weighted by Crippen LogP contribution is 2.31. The summed E-state index contributed by atoms with van der Waals surface area (Å²) in [7, 11) is 0. The van der Waals surface area contributed by atoms with Gasteiger partial charge in [0, 0.05) is 15.5 Å². The molecule has 1 aromatic heterocycles. The predicted molar refractivity (Wildman–Crippen MR) is 89.4 cm³/mol. The molecule has 0 aliphatic heterocycles. The quantitative estimate of drug-likeness (QED) is 0.646. The van der Waals surface area contributed by atoms with Gasteiger partial charge in [-0.15, -0.1) is 0 Å². The molecule has 0 atom stereocenters. The molecule has 3 nitrogen and oxygen atoms in total. The SMILES string of the molecule is Cc1cc(Oc2nc(C(C)(C)C)nc(Cl)c2C)ccc1Br. The van der Waals surface area contributed by atoms with Crippen molar-refractivity contribution >= 4 is 27.5 Å². The highest BCUT2D eigenvalue weighted by Gasteiger charge is 2.21. The Bertz CT molecular complexity index is 681. The van der Waals surface area contributed by atoms with E-state index in [1.807, 2.05) is 52.8 Å². The molecule has 0 saturated heterocycles. The van der Waals surface area contributed by atoms with Crippen LogP contribution in [0.1, 0.15) is 37.7 Å². The van der Waals surface area contributed by atoms with E-state index in [0.29, 0.717) is 16.9 Å². The maximum atomic E-state index is 6.21. The van der Waals surface area contributed by atoms with Crippen LogP contribution in [-0.2, 0) is 5.41 Å². The smallest absolute Gasteiger partial charge is 0.227 e. The zero-order valence-corrected chi connectivity index (χ0v) is 15.1. The van der Waals surface area contributed by atoms with E-state index in [2.05, 4.69) is 25.9 Å². The zero-order chi connectivity index (χ0) is 15.8. The predicted octanol–water partition coefficient (Wildman–Crippen LogP) is 5.60. The first-order chi connectivity index (χ1) is 9.68. The Morgan fingerprint density at radius 2 is 1.81 bits per heavy atom. The van der Waals surface area contributed by atoms with Gasteiger partial charge in [0.15, 0.2) is 0 Å². The van der Waals surface area contributed by atoms with Crippen molar-refractivity contribution in [1.29, 1.82) is 0 Å². The Morgan fingerprint density at radius 1 is 1.14 bits per heavy atom. The minimum absolute atomic E-state index is 0.189. The lowest BCUT2D eigenvalue weighted by Gasteiger charge is -2.19. The number of aromatic nitrogens is 2. The van der Waals surface area contributed by atoms with Crippen LogP contribution in [0.2, 0.25) is 5.15 Å². The minimum Gasteiger partial charge on any atom is -0.439 e. The fraction of sp³-hybridized carbons (Fsp3) is 0.375. The van der Waals surface area contributed by atoms with Crippen LogP contribution in [0, 0.1) is 13.8 Å². The summed E-state index contributed by atoms with van der Waals surface area (Å²) >= 11 is 9.69. The van der Waals surface area contributed by atoms with Gasteiger partial charge >= 0.3 is 0 Å². The molecule has 1 heterocycles. The molecule has 0 aliphatic carbocycles. The Hall–Kier alpha value is -1.13. The molecular weight excluding hydrogens is 352 g/mol. The van der Waals surface area contributed by atoms with Crippen LogP contribution in [0.25, 0.3) is 0 Å². The second-order valence-corrected chi connectivity index (χ2v) is 7.24. The highest BCUT2D eigenvalue weighted by molar-refractivity contribution is 9.10. The number of aryl methyl sites for hydroxylation is 1. The number of hydrogen-bond donors (Lipinski definition) is 0. The number of benzene rings is 1. The van der Waals surface area contributed by atoms with Gasteiger partial charge in [-0.2, -0.15) is 4.98 Å². The van der Waals surface area contributed by atoms with Gasteiger partial charge < -0.3 is 4.74 Å². The van der Waals surface area contributed by atoms with Crippen LogP contribution in [0.5, 0.6) is 11.6 Å². The van der Waals surface area contributed by atoms with Gasteiger partial charge in [-0.05, 0) is 37.6 Å². The molecule has 0 fully saturated rings. The third-order valence-electron chi connectivity index (χ3n) is 3.06. The van der Waals surface area contributed by atoms with Gasteiger partial charge in [0.05, 0.1) is 0 Å². The Balaban J connectivity index is 2.43. The average molecular weight is 370 g/mol. The molecule has 5 heteroatoms. The van der Waals surface area contributed by atoms with Crippen molar-refractivity contribution in [2.24, 2.45) is 0 Å². The second kappa shape index (κ2) is 5.93. The normalized spacial score (nSPS) is 11.6. The summed E-state index contributed by atoms with van der Waals surface area (Å²) < 4.78 is 6.95. The summed E-state index contributed by atoms with van der Waals surface area (Å²) in [5.74, 6) is 1.90. The van der Waals surface area contributed by atoms with E-state index in [0.717, 1.165) is 21.3 Å². The lowest BCUT2D eigenvalue weighted by molar-refractivity contribution is 0.441. The lowest BCUT2D eigenvalue weighted by Crippen LogP contribution is -2.17. The summed E-state index contributed by atoms with van der Waals surface area (Å²) in [5.41, 5.74) is 1.65. The van der Waals surface area contributed by atoms with E-state index < -0.39 is 0 Å². The van der Waals surface area contributed by atoms with Crippen molar-refractivity contribution in [1.82, 2.24) is 9.97 Å². The van der Waals surface area contributed by atoms with Gasteiger partial charge in [-0.3, -0.25) is 0 Å².